The molecule has 178 valence electrons. The summed E-state index contributed by atoms with van der Waals surface area (Å²) in [5, 5.41) is 0. The highest BCUT2D eigenvalue weighted by molar-refractivity contribution is 7.99. The van der Waals surface area contributed by atoms with Gasteiger partial charge in [0.05, 0.1) is 23.2 Å². The SMILES string of the molecule is CCC1=CCN(CC)C(C(CCS(=O)(=O)O)N2c3ccccc3Sc3ccccc32)N1CC. The molecular formula is C25H33N3O3S2. The summed E-state index contributed by atoms with van der Waals surface area (Å²) >= 11 is 1.74. The van der Waals surface area contributed by atoms with Gasteiger partial charge >= 0.3 is 0 Å². The Kier molecular flexibility index (Phi) is 7.38. The van der Waals surface area contributed by atoms with Crippen LogP contribution in [0.15, 0.2) is 70.1 Å². The van der Waals surface area contributed by atoms with Crippen LogP contribution in [0.5, 0.6) is 0 Å². The number of fused-ring (bicyclic) bond motifs is 2. The fourth-order valence-electron chi connectivity index (χ4n) is 5.09. The third-order valence-electron chi connectivity index (χ3n) is 6.55. The highest BCUT2D eigenvalue weighted by atomic mass is 32.2. The molecule has 6 nitrogen and oxygen atoms in total. The minimum absolute atomic E-state index is 0.0223. The zero-order valence-corrected chi connectivity index (χ0v) is 21.1. The summed E-state index contributed by atoms with van der Waals surface area (Å²) in [5.41, 5.74) is 3.46. The molecule has 2 unspecified atom stereocenters. The summed E-state index contributed by atoms with van der Waals surface area (Å²) in [6.45, 7) is 8.98. The van der Waals surface area contributed by atoms with Gasteiger partial charge in [-0.2, -0.15) is 8.42 Å². The lowest BCUT2D eigenvalue weighted by molar-refractivity contribution is 0.0449. The molecule has 2 aromatic carbocycles. The van der Waals surface area contributed by atoms with Crippen molar-refractivity contribution in [1.82, 2.24) is 9.80 Å². The number of likely N-dealkylation sites (N-methyl/N-ethyl adjacent to an activating group) is 2. The van der Waals surface area contributed by atoms with Crippen LogP contribution in [0.1, 0.15) is 33.6 Å². The van der Waals surface area contributed by atoms with Gasteiger partial charge in [0.2, 0.25) is 0 Å². The second-order valence-corrected chi connectivity index (χ2v) is 11.0. The summed E-state index contributed by atoms with van der Waals surface area (Å²) in [4.78, 5) is 9.45. The normalized spacial score (nSPS) is 19.6. The predicted octanol–water partition coefficient (Wildman–Crippen LogP) is 5.21. The van der Waals surface area contributed by atoms with Crippen molar-refractivity contribution in [3.8, 4) is 0 Å². The van der Waals surface area contributed by atoms with E-state index in [0.717, 1.165) is 47.2 Å². The Hall–Kier alpha value is -2.00. The average molecular weight is 488 g/mol. The van der Waals surface area contributed by atoms with Crippen molar-refractivity contribution in [3.05, 3.63) is 60.3 Å². The maximum absolute atomic E-state index is 11.9. The number of benzene rings is 2. The van der Waals surface area contributed by atoms with Crippen LogP contribution in [-0.2, 0) is 10.1 Å². The van der Waals surface area contributed by atoms with E-state index in [9.17, 15) is 13.0 Å². The Morgan fingerprint density at radius 3 is 2.12 bits per heavy atom. The van der Waals surface area contributed by atoms with Gasteiger partial charge in [0, 0.05) is 28.6 Å². The fraction of sp³-hybridized carbons (Fsp3) is 0.440. The molecule has 0 bridgehead atoms. The quantitative estimate of drug-likeness (QED) is 0.513. The van der Waals surface area contributed by atoms with Crippen LogP contribution in [0.4, 0.5) is 11.4 Å². The Labute approximate surface area is 202 Å². The summed E-state index contributed by atoms with van der Waals surface area (Å²) in [6.07, 6.45) is 3.51. The molecule has 0 aliphatic carbocycles. The molecule has 4 rings (SSSR count). The highest BCUT2D eigenvalue weighted by Crippen LogP contribution is 2.50. The van der Waals surface area contributed by atoms with Gasteiger partial charge in [-0.15, -0.1) is 0 Å². The number of hydrogen-bond acceptors (Lipinski definition) is 6. The monoisotopic (exact) mass is 487 g/mol. The Balaban J connectivity index is 1.89. The molecule has 33 heavy (non-hydrogen) atoms. The standard InChI is InChI=1S/C25H33N3O3S2/c1-4-19-15-17-26(5-2)25(27(19)6-3)22(16-18-33(29,30)31)28-20-11-7-9-13-23(20)32-24-14-10-8-12-21(24)28/h7-15,22,25H,4-6,16-18H2,1-3H3,(H,29,30,31). The van der Waals surface area contributed by atoms with Crippen molar-refractivity contribution in [2.75, 3.05) is 30.3 Å². The van der Waals surface area contributed by atoms with Crippen LogP contribution in [-0.4, -0.2) is 60.4 Å². The van der Waals surface area contributed by atoms with Crippen molar-refractivity contribution in [2.45, 2.75) is 55.6 Å². The van der Waals surface area contributed by atoms with Crippen molar-refractivity contribution in [2.24, 2.45) is 0 Å². The molecule has 2 aliphatic heterocycles. The lowest BCUT2D eigenvalue weighted by Gasteiger charge is -2.52. The molecule has 2 aliphatic rings. The zero-order valence-electron chi connectivity index (χ0n) is 19.5. The zero-order chi connectivity index (χ0) is 23.6. The van der Waals surface area contributed by atoms with Gasteiger partial charge in [-0.25, -0.2) is 0 Å². The van der Waals surface area contributed by atoms with Crippen LogP contribution in [0.2, 0.25) is 0 Å². The summed E-state index contributed by atoms with van der Waals surface area (Å²) < 4.78 is 33.5. The first kappa shape index (κ1) is 24.1. The lowest BCUT2D eigenvalue weighted by Crippen LogP contribution is -2.61. The number of anilines is 2. The van der Waals surface area contributed by atoms with Gasteiger partial charge in [-0.1, -0.05) is 56.0 Å². The van der Waals surface area contributed by atoms with Crippen molar-refractivity contribution >= 4 is 33.3 Å². The van der Waals surface area contributed by atoms with E-state index in [-0.39, 0.29) is 18.0 Å². The van der Waals surface area contributed by atoms with Gasteiger partial charge in [0.25, 0.3) is 10.1 Å². The summed E-state index contributed by atoms with van der Waals surface area (Å²) in [7, 11) is -4.10. The van der Waals surface area contributed by atoms with E-state index in [0.29, 0.717) is 6.42 Å². The Morgan fingerprint density at radius 2 is 1.61 bits per heavy atom. The van der Waals surface area contributed by atoms with Crippen LogP contribution in [0, 0.1) is 0 Å². The molecule has 0 fully saturated rings. The maximum atomic E-state index is 11.9. The first-order valence-electron chi connectivity index (χ1n) is 11.7. The smallest absolute Gasteiger partial charge is 0.264 e. The molecule has 2 aromatic rings. The number of para-hydroxylation sites is 2. The molecule has 2 atom stereocenters. The van der Waals surface area contributed by atoms with Crippen LogP contribution < -0.4 is 4.90 Å². The number of nitrogens with zero attached hydrogens (tertiary/aromatic N) is 3. The third kappa shape index (κ3) is 4.94. The van der Waals surface area contributed by atoms with Gasteiger partial charge < -0.3 is 9.80 Å². The maximum Gasteiger partial charge on any atom is 0.264 e. The fourth-order valence-corrected chi connectivity index (χ4v) is 6.70. The van der Waals surface area contributed by atoms with Crippen LogP contribution in [0.3, 0.4) is 0 Å². The molecule has 1 N–H and O–H groups in total. The Bertz CT molecular complexity index is 1070. The van der Waals surface area contributed by atoms with E-state index in [4.69, 9.17) is 0 Å². The number of allylic oxidation sites excluding steroid dienone is 1. The first-order chi connectivity index (χ1) is 15.9. The average Bonchev–Trinajstić information content (AvgIpc) is 2.82. The lowest BCUT2D eigenvalue weighted by atomic mass is 10.0. The minimum atomic E-state index is -4.10. The van der Waals surface area contributed by atoms with E-state index in [1.54, 1.807) is 11.8 Å². The summed E-state index contributed by atoms with van der Waals surface area (Å²) in [5.74, 6) is -0.275. The van der Waals surface area contributed by atoms with Gasteiger partial charge in [0.15, 0.2) is 0 Å². The van der Waals surface area contributed by atoms with Crippen molar-refractivity contribution in [1.29, 1.82) is 0 Å². The molecule has 8 heteroatoms. The minimum Gasteiger partial charge on any atom is -0.358 e. The number of rotatable bonds is 8. The van der Waals surface area contributed by atoms with Crippen LogP contribution >= 0.6 is 11.8 Å². The van der Waals surface area contributed by atoms with E-state index in [1.165, 1.54) is 5.70 Å². The molecule has 2 heterocycles. The molecule has 0 aromatic heterocycles. The molecule has 0 amide bonds. The van der Waals surface area contributed by atoms with Crippen molar-refractivity contribution < 1.29 is 13.0 Å². The predicted molar refractivity (Wildman–Crippen MR) is 136 cm³/mol. The molecule has 0 spiro atoms. The molecule has 0 saturated heterocycles. The topological polar surface area (TPSA) is 64.1 Å². The van der Waals surface area contributed by atoms with Gasteiger partial charge in [-0.05, 0) is 50.6 Å². The number of hydrogen-bond donors (Lipinski definition) is 1. The van der Waals surface area contributed by atoms with Gasteiger partial charge in [0.1, 0.15) is 6.17 Å². The largest absolute Gasteiger partial charge is 0.358 e. The second kappa shape index (κ2) is 10.1. The third-order valence-corrected chi connectivity index (χ3v) is 8.43. The van der Waals surface area contributed by atoms with Crippen LogP contribution in [0.25, 0.3) is 0 Å². The van der Waals surface area contributed by atoms with E-state index >= 15 is 0 Å². The molecule has 0 radical (unpaired) electrons. The summed E-state index contributed by atoms with van der Waals surface area (Å²) in [6, 6.07) is 16.5. The highest BCUT2D eigenvalue weighted by Gasteiger charge is 2.41. The second-order valence-electron chi connectivity index (χ2n) is 8.39. The molecule has 0 saturated carbocycles. The van der Waals surface area contributed by atoms with E-state index in [1.807, 2.05) is 24.3 Å². The van der Waals surface area contributed by atoms with E-state index < -0.39 is 10.1 Å². The van der Waals surface area contributed by atoms with Gasteiger partial charge in [-0.3, -0.25) is 9.45 Å². The first-order valence-corrected chi connectivity index (χ1v) is 14.1. The Morgan fingerprint density at radius 1 is 1.00 bits per heavy atom. The molecular weight excluding hydrogens is 454 g/mol. The van der Waals surface area contributed by atoms with Crippen molar-refractivity contribution in [3.63, 3.8) is 0 Å². The van der Waals surface area contributed by atoms with E-state index in [2.05, 4.69) is 65.8 Å².